The van der Waals surface area contributed by atoms with Gasteiger partial charge in [-0.3, -0.25) is 0 Å². The lowest BCUT2D eigenvalue weighted by Gasteiger charge is -2.20. The molecule has 0 atom stereocenters. The first-order chi connectivity index (χ1) is 17.7. The topological polar surface area (TPSA) is 108 Å². The summed E-state index contributed by atoms with van der Waals surface area (Å²) in [5.41, 5.74) is 1.82. The van der Waals surface area contributed by atoms with Crippen molar-refractivity contribution >= 4 is 67.6 Å². The number of benzene rings is 2. The maximum absolute atomic E-state index is 12.8. The predicted molar refractivity (Wildman–Crippen MR) is 152 cm³/mol. The monoisotopic (exact) mass is 560 g/mol. The van der Waals surface area contributed by atoms with Gasteiger partial charge in [-0.05, 0) is 63.2 Å². The summed E-state index contributed by atoms with van der Waals surface area (Å²) >= 11 is 11.9. The van der Waals surface area contributed by atoms with Gasteiger partial charge in [0.2, 0.25) is 5.95 Å². The summed E-state index contributed by atoms with van der Waals surface area (Å²) in [4.78, 5) is 11.1. The van der Waals surface area contributed by atoms with Gasteiger partial charge >= 0.3 is 0 Å². The van der Waals surface area contributed by atoms with Crippen LogP contribution in [0.4, 0.5) is 28.8 Å². The van der Waals surface area contributed by atoms with Crippen molar-refractivity contribution in [1.29, 1.82) is 0 Å². The first-order valence-electron chi connectivity index (χ1n) is 11.8. The summed E-state index contributed by atoms with van der Waals surface area (Å²) < 4.78 is 31.2. The number of methoxy groups -OCH3 is 1. The van der Waals surface area contributed by atoms with E-state index in [-0.39, 0.29) is 21.7 Å². The fraction of sp³-hybridized carbons (Fsp3) is 0.320. The zero-order valence-corrected chi connectivity index (χ0v) is 23.2. The van der Waals surface area contributed by atoms with Crippen molar-refractivity contribution in [3.63, 3.8) is 0 Å². The van der Waals surface area contributed by atoms with E-state index in [0.717, 1.165) is 31.6 Å². The molecular weight excluding hydrogens is 532 g/mol. The average molecular weight is 561 g/mol. The van der Waals surface area contributed by atoms with Crippen LogP contribution in [0, 0.1) is 0 Å². The van der Waals surface area contributed by atoms with E-state index in [4.69, 9.17) is 28.6 Å². The Morgan fingerprint density at radius 1 is 1.11 bits per heavy atom. The van der Waals surface area contributed by atoms with Crippen LogP contribution in [0.1, 0.15) is 26.7 Å². The Balaban J connectivity index is 1.55. The van der Waals surface area contributed by atoms with Crippen molar-refractivity contribution in [1.82, 2.24) is 14.9 Å². The van der Waals surface area contributed by atoms with E-state index in [2.05, 4.69) is 30.8 Å². The highest BCUT2D eigenvalue weighted by Gasteiger charge is 2.23. The van der Waals surface area contributed by atoms with E-state index in [1.54, 1.807) is 45.2 Å². The van der Waals surface area contributed by atoms with Crippen LogP contribution in [-0.4, -0.2) is 53.8 Å². The number of nitrogens with zero attached hydrogens (tertiary/aromatic N) is 3. The minimum Gasteiger partial charge on any atom is -0.494 e. The summed E-state index contributed by atoms with van der Waals surface area (Å²) in [6.07, 6.45) is 3.73. The van der Waals surface area contributed by atoms with Gasteiger partial charge in [0.05, 0.1) is 34.8 Å². The van der Waals surface area contributed by atoms with E-state index in [1.807, 2.05) is 18.2 Å². The van der Waals surface area contributed by atoms with Crippen LogP contribution >= 0.6 is 23.8 Å². The smallest absolute Gasteiger partial charge is 0.229 e. The number of anilines is 5. The molecule has 0 radical (unpaired) electrons. The SMILES string of the molecule is COc1cc(NC(=S)N2CCCC2)ccc1Nc1ncc(Cl)c(Nc2ccccc2S(=O)(=O)C(C)C)n1. The molecule has 3 aromatic rings. The van der Waals surface area contributed by atoms with Crippen molar-refractivity contribution in [3.8, 4) is 5.75 Å². The quantitative estimate of drug-likeness (QED) is 0.301. The van der Waals surface area contributed by atoms with Crippen molar-refractivity contribution < 1.29 is 13.2 Å². The number of rotatable bonds is 8. The standard InChI is InChI=1S/C25H29ClN6O3S2/c1-16(2)37(33,34)22-9-5-4-8-20(22)29-23-18(26)15-27-24(31-23)30-19-11-10-17(14-21(19)35-3)28-25(36)32-12-6-7-13-32/h4-5,8-11,14-16H,6-7,12-13H2,1-3H3,(H,28,36)(H2,27,29,30,31). The molecule has 1 aromatic heterocycles. The fourth-order valence-electron chi connectivity index (χ4n) is 3.83. The minimum atomic E-state index is -3.53. The van der Waals surface area contributed by atoms with Gasteiger partial charge in [0.25, 0.3) is 0 Å². The van der Waals surface area contributed by atoms with Crippen LogP contribution < -0.4 is 20.7 Å². The summed E-state index contributed by atoms with van der Waals surface area (Å²) in [6.45, 7) is 5.20. The van der Waals surface area contributed by atoms with Crippen LogP contribution in [-0.2, 0) is 9.84 Å². The van der Waals surface area contributed by atoms with Crippen LogP contribution in [0.25, 0.3) is 0 Å². The number of hydrogen-bond acceptors (Lipinski definition) is 8. The first kappa shape index (κ1) is 26.9. The van der Waals surface area contributed by atoms with E-state index in [9.17, 15) is 8.42 Å². The van der Waals surface area contributed by atoms with E-state index in [0.29, 0.717) is 22.2 Å². The highest BCUT2D eigenvalue weighted by atomic mass is 35.5. The predicted octanol–water partition coefficient (Wildman–Crippen LogP) is 5.60. The van der Waals surface area contributed by atoms with Crippen LogP contribution in [0.3, 0.4) is 0 Å². The highest BCUT2D eigenvalue weighted by molar-refractivity contribution is 7.92. The molecule has 196 valence electrons. The number of sulfone groups is 1. The van der Waals surface area contributed by atoms with Crippen molar-refractivity contribution in [2.24, 2.45) is 0 Å². The molecule has 1 saturated heterocycles. The van der Waals surface area contributed by atoms with Crippen molar-refractivity contribution in [2.75, 3.05) is 36.1 Å². The number of aromatic nitrogens is 2. The molecule has 1 aliphatic heterocycles. The number of hydrogen-bond donors (Lipinski definition) is 3. The Bertz CT molecular complexity index is 1390. The van der Waals surface area contributed by atoms with E-state index < -0.39 is 15.1 Å². The largest absolute Gasteiger partial charge is 0.494 e. The summed E-state index contributed by atoms with van der Waals surface area (Å²) in [5.74, 6) is 1.08. The Kier molecular flexibility index (Phi) is 8.35. The third-order valence-electron chi connectivity index (χ3n) is 5.90. The lowest BCUT2D eigenvalue weighted by molar-refractivity contribution is 0.417. The maximum atomic E-state index is 12.8. The summed E-state index contributed by atoms with van der Waals surface area (Å²) in [7, 11) is -1.95. The molecule has 0 bridgehead atoms. The lowest BCUT2D eigenvalue weighted by Crippen LogP contribution is -2.31. The molecule has 37 heavy (non-hydrogen) atoms. The van der Waals surface area contributed by atoms with Gasteiger partial charge in [-0.2, -0.15) is 4.98 Å². The second-order valence-electron chi connectivity index (χ2n) is 8.77. The zero-order chi connectivity index (χ0) is 26.6. The number of para-hydroxylation sites is 1. The summed E-state index contributed by atoms with van der Waals surface area (Å²) in [6, 6.07) is 12.2. The lowest BCUT2D eigenvalue weighted by atomic mass is 10.2. The molecular formula is C25H29ClN6O3S2. The maximum Gasteiger partial charge on any atom is 0.229 e. The zero-order valence-electron chi connectivity index (χ0n) is 20.8. The Morgan fingerprint density at radius 2 is 1.84 bits per heavy atom. The molecule has 0 aliphatic carbocycles. The number of nitrogens with one attached hydrogen (secondary N) is 3. The number of ether oxygens (including phenoxy) is 1. The molecule has 2 heterocycles. The molecule has 0 spiro atoms. The fourth-order valence-corrected chi connectivity index (χ4v) is 5.47. The van der Waals surface area contributed by atoms with Crippen molar-refractivity contribution in [2.45, 2.75) is 36.8 Å². The second-order valence-corrected chi connectivity index (χ2v) is 12.0. The van der Waals surface area contributed by atoms with Gasteiger partial charge < -0.3 is 25.6 Å². The first-order valence-corrected chi connectivity index (χ1v) is 14.2. The molecule has 0 amide bonds. The molecule has 0 saturated carbocycles. The molecule has 1 aliphatic rings. The normalized spacial score (nSPS) is 13.5. The third kappa shape index (κ3) is 6.23. The molecule has 9 nitrogen and oxygen atoms in total. The van der Waals surface area contributed by atoms with Gasteiger partial charge in [0, 0.05) is 24.8 Å². The van der Waals surface area contributed by atoms with Crippen LogP contribution in [0.5, 0.6) is 5.75 Å². The Hall–Kier alpha value is -3.15. The van der Waals surface area contributed by atoms with Gasteiger partial charge in [-0.1, -0.05) is 23.7 Å². The van der Waals surface area contributed by atoms with Gasteiger partial charge in [0.15, 0.2) is 20.8 Å². The summed E-state index contributed by atoms with van der Waals surface area (Å²) in [5, 5.41) is 9.80. The third-order valence-corrected chi connectivity index (χ3v) is 8.75. The Morgan fingerprint density at radius 3 is 2.54 bits per heavy atom. The van der Waals surface area contributed by atoms with Crippen molar-refractivity contribution in [3.05, 3.63) is 53.7 Å². The van der Waals surface area contributed by atoms with E-state index in [1.165, 1.54) is 6.20 Å². The molecule has 1 fully saturated rings. The molecule has 12 heteroatoms. The second kappa shape index (κ2) is 11.5. The molecule has 2 aromatic carbocycles. The van der Waals surface area contributed by atoms with Gasteiger partial charge in [-0.15, -0.1) is 0 Å². The van der Waals surface area contributed by atoms with E-state index >= 15 is 0 Å². The molecule has 4 rings (SSSR count). The van der Waals surface area contributed by atoms with Crippen LogP contribution in [0.2, 0.25) is 5.02 Å². The Labute approximate surface area is 227 Å². The van der Waals surface area contributed by atoms with Crippen LogP contribution in [0.15, 0.2) is 53.6 Å². The average Bonchev–Trinajstić information content (AvgIpc) is 3.42. The highest BCUT2D eigenvalue weighted by Crippen LogP contribution is 2.33. The van der Waals surface area contributed by atoms with Gasteiger partial charge in [-0.25, -0.2) is 13.4 Å². The number of likely N-dealkylation sites (tertiary alicyclic amines) is 1. The molecule has 3 N–H and O–H groups in total. The molecule has 0 unspecified atom stereocenters. The number of thiocarbonyl (C=S) groups is 1. The van der Waals surface area contributed by atoms with Gasteiger partial charge in [0.1, 0.15) is 10.8 Å². The minimum absolute atomic E-state index is 0.172. The number of halogens is 1.